The molecule has 0 atom stereocenters. The first kappa shape index (κ1) is 11.6. The largest absolute Gasteiger partial charge is 0.329 e. The number of rotatable bonds is 2. The molecule has 0 amide bonds. The maximum atomic E-state index is 9.10. The van der Waals surface area contributed by atoms with E-state index in [2.05, 4.69) is 16.0 Å². The second kappa shape index (κ2) is 4.67. The lowest BCUT2D eigenvalue weighted by Crippen LogP contribution is -1.99. The molecule has 0 radical (unpaired) electrons. The number of fused-ring (bicyclic) bond motifs is 1. The van der Waals surface area contributed by atoms with Crippen molar-refractivity contribution in [3.63, 3.8) is 0 Å². The summed E-state index contributed by atoms with van der Waals surface area (Å²) in [6.07, 6.45) is 3.56. The van der Waals surface area contributed by atoms with Crippen LogP contribution in [0.5, 0.6) is 0 Å². The first-order chi connectivity index (χ1) is 9.29. The summed E-state index contributed by atoms with van der Waals surface area (Å²) in [6, 6.07) is 11.7. The van der Waals surface area contributed by atoms with Crippen LogP contribution in [0.4, 0.5) is 0 Å². The summed E-state index contributed by atoms with van der Waals surface area (Å²) >= 11 is 5.34. The van der Waals surface area contributed by atoms with Crippen LogP contribution in [0.15, 0.2) is 42.7 Å². The standard InChI is InChI=1S/C14H10N4S/c15-7-11-4-1-5-12-13(11)17-14(19)18(12)9-10-3-2-6-16-8-10/h1-6,8H,9H2,(H,17,19). The Bertz CT molecular complexity index is 824. The van der Waals surface area contributed by atoms with E-state index in [4.69, 9.17) is 17.5 Å². The average Bonchev–Trinajstić information content (AvgIpc) is 2.76. The van der Waals surface area contributed by atoms with Crippen molar-refractivity contribution in [2.45, 2.75) is 6.54 Å². The van der Waals surface area contributed by atoms with Gasteiger partial charge >= 0.3 is 0 Å². The van der Waals surface area contributed by atoms with Gasteiger partial charge in [0.1, 0.15) is 6.07 Å². The monoisotopic (exact) mass is 266 g/mol. The molecule has 0 aliphatic rings. The van der Waals surface area contributed by atoms with Crippen molar-refractivity contribution >= 4 is 23.3 Å². The van der Waals surface area contributed by atoms with Crippen molar-refractivity contribution in [1.82, 2.24) is 14.5 Å². The maximum Gasteiger partial charge on any atom is 0.178 e. The summed E-state index contributed by atoms with van der Waals surface area (Å²) in [5, 5.41) is 9.10. The normalized spacial score (nSPS) is 10.5. The summed E-state index contributed by atoms with van der Waals surface area (Å²) < 4.78 is 2.59. The van der Waals surface area contributed by atoms with E-state index in [-0.39, 0.29) is 0 Å². The minimum Gasteiger partial charge on any atom is -0.329 e. The SMILES string of the molecule is N#Cc1cccc2c1[nH]c(=S)n2Cc1cccnc1. The van der Waals surface area contributed by atoms with Crippen molar-refractivity contribution in [1.29, 1.82) is 5.26 Å². The number of nitrogens with one attached hydrogen (secondary N) is 1. The highest BCUT2D eigenvalue weighted by Crippen LogP contribution is 2.19. The molecule has 0 aliphatic carbocycles. The molecule has 92 valence electrons. The third-order valence-corrected chi connectivity index (χ3v) is 3.32. The summed E-state index contributed by atoms with van der Waals surface area (Å²) in [5.74, 6) is 0. The Kier molecular flexibility index (Phi) is 2.86. The Morgan fingerprint density at radius 1 is 1.32 bits per heavy atom. The van der Waals surface area contributed by atoms with Crippen molar-refractivity contribution in [3.05, 3.63) is 58.6 Å². The van der Waals surface area contributed by atoms with Crippen LogP contribution in [0, 0.1) is 16.1 Å². The maximum absolute atomic E-state index is 9.10. The van der Waals surface area contributed by atoms with Gasteiger partial charge in [-0.3, -0.25) is 4.98 Å². The van der Waals surface area contributed by atoms with Gasteiger partial charge in [-0.05, 0) is 36.0 Å². The fourth-order valence-corrected chi connectivity index (χ4v) is 2.37. The molecule has 2 aromatic heterocycles. The lowest BCUT2D eigenvalue weighted by Gasteiger charge is -2.04. The molecule has 0 aliphatic heterocycles. The van der Waals surface area contributed by atoms with Gasteiger partial charge < -0.3 is 9.55 Å². The fourth-order valence-electron chi connectivity index (χ4n) is 2.10. The molecule has 3 aromatic rings. The van der Waals surface area contributed by atoms with Crippen LogP contribution in [0.3, 0.4) is 0 Å². The lowest BCUT2D eigenvalue weighted by molar-refractivity contribution is 0.806. The molecular weight excluding hydrogens is 256 g/mol. The topological polar surface area (TPSA) is 57.4 Å². The molecule has 4 nitrogen and oxygen atoms in total. The van der Waals surface area contributed by atoms with Crippen molar-refractivity contribution in [2.75, 3.05) is 0 Å². The van der Waals surface area contributed by atoms with Crippen LogP contribution in [0.25, 0.3) is 11.0 Å². The van der Waals surface area contributed by atoms with Gasteiger partial charge in [-0.15, -0.1) is 0 Å². The van der Waals surface area contributed by atoms with E-state index in [1.54, 1.807) is 12.3 Å². The number of para-hydroxylation sites is 1. The molecule has 5 heteroatoms. The van der Waals surface area contributed by atoms with Crippen LogP contribution >= 0.6 is 12.2 Å². The lowest BCUT2D eigenvalue weighted by atomic mass is 10.2. The van der Waals surface area contributed by atoms with Crippen LogP contribution in [0.1, 0.15) is 11.1 Å². The van der Waals surface area contributed by atoms with Crippen LogP contribution in [0.2, 0.25) is 0 Å². The van der Waals surface area contributed by atoms with Crippen LogP contribution < -0.4 is 0 Å². The van der Waals surface area contributed by atoms with Gasteiger partial charge in [0.05, 0.1) is 23.1 Å². The third kappa shape index (κ3) is 2.02. The summed E-state index contributed by atoms with van der Waals surface area (Å²) in [6.45, 7) is 0.640. The molecule has 0 saturated carbocycles. The number of nitriles is 1. The highest BCUT2D eigenvalue weighted by molar-refractivity contribution is 7.71. The molecule has 2 heterocycles. The second-order valence-electron chi connectivity index (χ2n) is 4.19. The summed E-state index contributed by atoms with van der Waals surface area (Å²) in [7, 11) is 0. The zero-order valence-corrected chi connectivity index (χ0v) is 10.8. The van der Waals surface area contributed by atoms with Crippen LogP contribution in [-0.2, 0) is 6.54 Å². The minimum atomic E-state index is 0.605. The smallest absolute Gasteiger partial charge is 0.178 e. The van der Waals surface area contributed by atoms with E-state index in [9.17, 15) is 0 Å². The number of aromatic amines is 1. The van der Waals surface area contributed by atoms with Crippen LogP contribution in [-0.4, -0.2) is 14.5 Å². The van der Waals surface area contributed by atoms with E-state index < -0.39 is 0 Å². The van der Waals surface area contributed by atoms with Gasteiger partial charge in [-0.2, -0.15) is 5.26 Å². The van der Waals surface area contributed by atoms with Gasteiger partial charge in [0.15, 0.2) is 4.77 Å². The minimum absolute atomic E-state index is 0.605. The molecular formula is C14H10N4S. The van der Waals surface area contributed by atoms with E-state index in [0.29, 0.717) is 16.9 Å². The Hall–Kier alpha value is -2.45. The number of aromatic nitrogens is 3. The Morgan fingerprint density at radius 2 is 2.21 bits per heavy atom. The zero-order chi connectivity index (χ0) is 13.2. The number of hydrogen-bond acceptors (Lipinski definition) is 3. The van der Waals surface area contributed by atoms with E-state index in [1.807, 2.05) is 35.0 Å². The first-order valence-electron chi connectivity index (χ1n) is 5.80. The quantitative estimate of drug-likeness (QED) is 0.725. The predicted molar refractivity (Wildman–Crippen MR) is 75.2 cm³/mol. The molecule has 3 rings (SSSR count). The van der Waals surface area contributed by atoms with Crippen molar-refractivity contribution < 1.29 is 0 Å². The molecule has 0 unspecified atom stereocenters. The third-order valence-electron chi connectivity index (χ3n) is 2.99. The molecule has 0 bridgehead atoms. The Labute approximate surface area is 115 Å². The zero-order valence-electron chi connectivity index (χ0n) is 10.00. The van der Waals surface area contributed by atoms with Gasteiger partial charge in [-0.25, -0.2) is 0 Å². The number of hydrogen-bond donors (Lipinski definition) is 1. The number of benzene rings is 1. The second-order valence-corrected chi connectivity index (χ2v) is 4.58. The Morgan fingerprint density at radius 3 is 2.95 bits per heavy atom. The number of H-pyrrole nitrogens is 1. The highest BCUT2D eigenvalue weighted by Gasteiger charge is 2.08. The van der Waals surface area contributed by atoms with Gasteiger partial charge in [0, 0.05) is 12.4 Å². The molecule has 1 N–H and O–H groups in total. The van der Waals surface area contributed by atoms with Gasteiger partial charge in [0.2, 0.25) is 0 Å². The molecule has 0 fully saturated rings. The van der Waals surface area contributed by atoms with E-state index in [0.717, 1.165) is 16.6 Å². The van der Waals surface area contributed by atoms with Crippen molar-refractivity contribution in [2.24, 2.45) is 0 Å². The highest BCUT2D eigenvalue weighted by atomic mass is 32.1. The molecule has 0 spiro atoms. The van der Waals surface area contributed by atoms with Gasteiger partial charge in [0.25, 0.3) is 0 Å². The van der Waals surface area contributed by atoms with E-state index >= 15 is 0 Å². The fraction of sp³-hybridized carbons (Fsp3) is 0.0714. The van der Waals surface area contributed by atoms with Crippen molar-refractivity contribution in [3.8, 4) is 6.07 Å². The number of nitrogens with zero attached hydrogens (tertiary/aromatic N) is 3. The number of imidazole rings is 1. The number of pyridine rings is 1. The van der Waals surface area contributed by atoms with Gasteiger partial charge in [-0.1, -0.05) is 12.1 Å². The Balaban J connectivity index is 2.17. The molecule has 1 aromatic carbocycles. The summed E-state index contributed by atoms with van der Waals surface area (Å²) in [5.41, 5.74) is 3.40. The van der Waals surface area contributed by atoms with E-state index in [1.165, 1.54) is 0 Å². The average molecular weight is 266 g/mol. The summed E-state index contributed by atoms with van der Waals surface area (Å²) in [4.78, 5) is 7.20. The molecule has 19 heavy (non-hydrogen) atoms. The predicted octanol–water partition coefficient (Wildman–Crippen LogP) is 3.01. The molecule has 0 saturated heterocycles. The first-order valence-corrected chi connectivity index (χ1v) is 6.21.